The van der Waals surface area contributed by atoms with Gasteiger partial charge in [0.2, 0.25) is 5.91 Å². The number of hydrogen-bond acceptors (Lipinski definition) is 2. The van der Waals surface area contributed by atoms with E-state index < -0.39 is 0 Å². The molecule has 1 aliphatic heterocycles. The lowest BCUT2D eigenvalue weighted by atomic mass is 9.91. The number of rotatable bonds is 5. The Labute approximate surface area is 158 Å². The van der Waals surface area contributed by atoms with E-state index in [1.807, 2.05) is 6.07 Å². The Hall–Kier alpha value is -2.27. The Morgan fingerprint density at radius 1 is 1.11 bits per heavy atom. The van der Waals surface area contributed by atoms with Gasteiger partial charge in [-0.2, -0.15) is 0 Å². The molecule has 2 fully saturated rings. The molecule has 1 heterocycles. The first-order valence-electron chi connectivity index (χ1n) is 9.57. The van der Waals surface area contributed by atoms with E-state index >= 15 is 0 Å². The largest absolute Gasteiger partial charge is 0.349 e. The molecule has 1 saturated heterocycles. The molecule has 2 unspecified atom stereocenters. The standard InChI is InChI=1S/C22H24F2N2O/c23-17-5-1-3-15(11-17)12-20(16-4-2-6-18(24)13-16)26-21(27)19-14-22(19)7-9-25-10-8-22/h1-6,11,13,19-20,25H,7-10,12,14H2,(H,26,27). The van der Waals surface area contributed by atoms with Crippen LogP contribution in [0, 0.1) is 23.0 Å². The molecule has 4 rings (SSSR count). The van der Waals surface area contributed by atoms with Crippen LogP contribution < -0.4 is 10.6 Å². The molecule has 0 aromatic heterocycles. The molecule has 2 aromatic carbocycles. The van der Waals surface area contributed by atoms with E-state index in [0.717, 1.165) is 37.9 Å². The monoisotopic (exact) mass is 370 g/mol. The summed E-state index contributed by atoms with van der Waals surface area (Å²) in [5.41, 5.74) is 1.62. The molecule has 2 N–H and O–H groups in total. The summed E-state index contributed by atoms with van der Waals surface area (Å²) in [7, 11) is 0. The quantitative estimate of drug-likeness (QED) is 0.842. The second kappa shape index (κ2) is 7.39. The topological polar surface area (TPSA) is 41.1 Å². The van der Waals surface area contributed by atoms with E-state index in [1.165, 1.54) is 24.3 Å². The molecule has 2 aromatic rings. The van der Waals surface area contributed by atoms with Crippen molar-refractivity contribution in [2.24, 2.45) is 11.3 Å². The zero-order chi connectivity index (χ0) is 18.9. The summed E-state index contributed by atoms with van der Waals surface area (Å²) in [6.07, 6.45) is 3.41. The highest BCUT2D eigenvalue weighted by atomic mass is 19.1. The zero-order valence-corrected chi connectivity index (χ0v) is 15.2. The van der Waals surface area contributed by atoms with Crippen molar-refractivity contribution >= 4 is 5.91 Å². The van der Waals surface area contributed by atoms with Crippen LogP contribution in [0.15, 0.2) is 48.5 Å². The van der Waals surface area contributed by atoms with E-state index in [-0.39, 0.29) is 34.9 Å². The summed E-state index contributed by atoms with van der Waals surface area (Å²) in [5.74, 6) is -0.592. The average molecular weight is 370 g/mol. The fourth-order valence-electron chi connectivity index (χ4n) is 4.34. The first kappa shape index (κ1) is 18.1. The van der Waals surface area contributed by atoms with Crippen LogP contribution in [0.3, 0.4) is 0 Å². The van der Waals surface area contributed by atoms with Gasteiger partial charge in [0.1, 0.15) is 11.6 Å². The number of amides is 1. The van der Waals surface area contributed by atoms with Gasteiger partial charge in [0.15, 0.2) is 0 Å². The van der Waals surface area contributed by atoms with Crippen LogP contribution in [-0.2, 0) is 11.2 Å². The summed E-state index contributed by atoms with van der Waals surface area (Å²) in [6, 6.07) is 12.2. The third-order valence-electron chi connectivity index (χ3n) is 6.00. The minimum atomic E-state index is -0.380. The Balaban J connectivity index is 1.52. The number of hydrogen-bond donors (Lipinski definition) is 2. The minimum Gasteiger partial charge on any atom is -0.349 e. The summed E-state index contributed by atoms with van der Waals surface area (Å²) in [4.78, 5) is 12.9. The number of benzene rings is 2. The van der Waals surface area contributed by atoms with Crippen LogP contribution in [-0.4, -0.2) is 19.0 Å². The second-order valence-electron chi connectivity index (χ2n) is 7.82. The Bertz CT molecular complexity index is 833. The van der Waals surface area contributed by atoms with Crippen molar-refractivity contribution in [2.45, 2.75) is 31.7 Å². The normalized spacial score (nSPS) is 21.6. The molecular weight excluding hydrogens is 346 g/mol. The van der Waals surface area contributed by atoms with Gasteiger partial charge in [-0.1, -0.05) is 24.3 Å². The van der Waals surface area contributed by atoms with Crippen molar-refractivity contribution in [1.29, 1.82) is 0 Å². The number of nitrogens with one attached hydrogen (secondary N) is 2. The van der Waals surface area contributed by atoms with Crippen molar-refractivity contribution in [3.8, 4) is 0 Å². The maximum Gasteiger partial charge on any atom is 0.224 e. The van der Waals surface area contributed by atoms with Gasteiger partial charge in [-0.15, -0.1) is 0 Å². The van der Waals surface area contributed by atoms with Gasteiger partial charge in [-0.25, -0.2) is 8.78 Å². The molecule has 1 aliphatic carbocycles. The van der Waals surface area contributed by atoms with Crippen molar-refractivity contribution in [2.75, 3.05) is 13.1 Å². The first-order valence-corrected chi connectivity index (χ1v) is 9.57. The van der Waals surface area contributed by atoms with E-state index in [4.69, 9.17) is 0 Å². The highest BCUT2D eigenvalue weighted by Gasteiger charge is 2.57. The van der Waals surface area contributed by atoms with E-state index in [2.05, 4.69) is 10.6 Å². The lowest BCUT2D eigenvalue weighted by Gasteiger charge is -2.25. The van der Waals surface area contributed by atoms with Crippen molar-refractivity contribution in [3.63, 3.8) is 0 Å². The third-order valence-corrected chi connectivity index (χ3v) is 6.00. The molecule has 5 heteroatoms. The van der Waals surface area contributed by atoms with Crippen LogP contribution in [0.25, 0.3) is 0 Å². The molecule has 2 aliphatic rings. The maximum atomic E-state index is 13.7. The fourth-order valence-corrected chi connectivity index (χ4v) is 4.34. The molecule has 1 amide bonds. The highest BCUT2D eigenvalue weighted by Crippen LogP contribution is 2.58. The van der Waals surface area contributed by atoms with E-state index in [0.29, 0.717) is 12.0 Å². The molecule has 0 radical (unpaired) electrons. The smallest absolute Gasteiger partial charge is 0.224 e. The van der Waals surface area contributed by atoms with Crippen molar-refractivity contribution in [3.05, 3.63) is 71.3 Å². The summed E-state index contributed by atoms with van der Waals surface area (Å²) < 4.78 is 27.3. The SMILES string of the molecule is O=C(NC(Cc1cccc(F)c1)c1cccc(F)c1)C1CC12CCNCC2. The van der Waals surface area contributed by atoms with Crippen molar-refractivity contribution in [1.82, 2.24) is 10.6 Å². The molecule has 142 valence electrons. The summed E-state index contributed by atoms with van der Waals surface area (Å²) in [5, 5.41) is 6.46. The van der Waals surface area contributed by atoms with Gasteiger partial charge < -0.3 is 10.6 Å². The second-order valence-corrected chi connectivity index (χ2v) is 7.82. The lowest BCUT2D eigenvalue weighted by molar-refractivity contribution is -0.124. The Morgan fingerprint density at radius 2 is 1.81 bits per heavy atom. The van der Waals surface area contributed by atoms with Crippen LogP contribution in [0.4, 0.5) is 8.78 Å². The van der Waals surface area contributed by atoms with Crippen LogP contribution in [0.2, 0.25) is 0 Å². The molecule has 27 heavy (non-hydrogen) atoms. The van der Waals surface area contributed by atoms with Crippen LogP contribution in [0.1, 0.15) is 36.4 Å². The van der Waals surface area contributed by atoms with E-state index in [9.17, 15) is 13.6 Å². The fraction of sp³-hybridized carbons (Fsp3) is 0.409. The predicted molar refractivity (Wildman–Crippen MR) is 100 cm³/mol. The molecular formula is C22H24F2N2O. The minimum absolute atomic E-state index is 0.0302. The molecule has 0 bridgehead atoms. The molecule has 1 spiro atoms. The average Bonchev–Trinajstić information content (AvgIpc) is 3.35. The van der Waals surface area contributed by atoms with Gasteiger partial charge in [0.25, 0.3) is 0 Å². The molecule has 1 saturated carbocycles. The van der Waals surface area contributed by atoms with Crippen molar-refractivity contribution < 1.29 is 13.6 Å². The van der Waals surface area contributed by atoms with Gasteiger partial charge >= 0.3 is 0 Å². The highest BCUT2D eigenvalue weighted by molar-refractivity contribution is 5.83. The summed E-state index contributed by atoms with van der Waals surface area (Å²) in [6.45, 7) is 1.92. The van der Waals surface area contributed by atoms with Gasteiger partial charge in [0, 0.05) is 5.92 Å². The summed E-state index contributed by atoms with van der Waals surface area (Å²) >= 11 is 0. The maximum absolute atomic E-state index is 13.7. The number of halogens is 2. The first-order chi connectivity index (χ1) is 13.1. The molecule has 2 atom stereocenters. The predicted octanol–water partition coefficient (Wildman–Crippen LogP) is 3.75. The van der Waals surface area contributed by atoms with Gasteiger partial charge in [0.05, 0.1) is 6.04 Å². The number of carbonyl (C=O) groups excluding carboxylic acids is 1. The Morgan fingerprint density at radius 3 is 2.52 bits per heavy atom. The van der Waals surface area contributed by atoms with Crippen LogP contribution >= 0.6 is 0 Å². The number of piperidine rings is 1. The molecule has 3 nitrogen and oxygen atoms in total. The third kappa shape index (κ3) is 4.03. The van der Waals surface area contributed by atoms with Gasteiger partial charge in [-0.3, -0.25) is 4.79 Å². The van der Waals surface area contributed by atoms with Crippen LogP contribution in [0.5, 0.6) is 0 Å². The zero-order valence-electron chi connectivity index (χ0n) is 15.2. The Kier molecular flexibility index (Phi) is 4.96. The van der Waals surface area contributed by atoms with E-state index in [1.54, 1.807) is 18.2 Å². The van der Waals surface area contributed by atoms with Gasteiger partial charge in [-0.05, 0) is 79.6 Å². The lowest BCUT2D eigenvalue weighted by Crippen LogP contribution is -2.35. The number of carbonyl (C=O) groups is 1.